The molecule has 0 radical (unpaired) electrons. The molecule has 0 unspecified atom stereocenters. The average Bonchev–Trinajstić information content (AvgIpc) is 2.62. The van der Waals surface area contributed by atoms with Crippen LogP contribution in [0.15, 0.2) is 83.0 Å². The van der Waals surface area contributed by atoms with Gasteiger partial charge >= 0.3 is 0 Å². The molecule has 0 fully saturated rings. The van der Waals surface area contributed by atoms with Crippen molar-refractivity contribution in [1.29, 1.82) is 0 Å². The first-order valence-corrected chi connectivity index (χ1v) is 10.5. The van der Waals surface area contributed by atoms with E-state index in [1.54, 1.807) is 6.08 Å². The van der Waals surface area contributed by atoms with Crippen LogP contribution < -0.4 is 5.32 Å². The van der Waals surface area contributed by atoms with Gasteiger partial charge in [0.25, 0.3) is 0 Å². The predicted octanol–water partition coefficient (Wildman–Crippen LogP) is 7.47. The molecule has 1 aromatic carbocycles. The van der Waals surface area contributed by atoms with E-state index in [0.717, 1.165) is 11.3 Å². The van der Waals surface area contributed by atoms with Gasteiger partial charge in [-0.3, -0.25) is 4.79 Å². The fourth-order valence-electron chi connectivity index (χ4n) is 3.70. The minimum absolute atomic E-state index is 0.112. The summed E-state index contributed by atoms with van der Waals surface area (Å²) in [5.74, 6) is -0.112. The zero-order valence-electron chi connectivity index (χ0n) is 18.8. The van der Waals surface area contributed by atoms with Crippen LogP contribution in [-0.2, 0) is 4.79 Å². The summed E-state index contributed by atoms with van der Waals surface area (Å²) in [4.78, 5) is 12.1. The van der Waals surface area contributed by atoms with Crippen molar-refractivity contribution in [2.24, 2.45) is 5.41 Å². The Balaban J connectivity index is 1.95. The van der Waals surface area contributed by atoms with Crippen LogP contribution in [0.3, 0.4) is 0 Å². The minimum Gasteiger partial charge on any atom is -0.323 e. The first kappa shape index (κ1) is 22.7. The molecule has 0 saturated carbocycles. The summed E-state index contributed by atoms with van der Waals surface area (Å²) < 4.78 is 0. The van der Waals surface area contributed by atoms with Gasteiger partial charge < -0.3 is 5.32 Å². The fourth-order valence-corrected chi connectivity index (χ4v) is 3.70. The maximum absolute atomic E-state index is 12.1. The Morgan fingerprint density at radius 2 is 1.72 bits per heavy atom. The second-order valence-electron chi connectivity index (χ2n) is 8.78. The Hall–Kier alpha value is -2.61. The Morgan fingerprint density at radius 3 is 2.38 bits per heavy atom. The number of aryl methyl sites for hydroxylation is 1. The molecule has 0 aliphatic heterocycles. The van der Waals surface area contributed by atoms with Gasteiger partial charge in [0.05, 0.1) is 0 Å². The van der Waals surface area contributed by atoms with E-state index in [-0.39, 0.29) is 11.3 Å². The highest BCUT2D eigenvalue weighted by molar-refractivity contribution is 5.99. The Morgan fingerprint density at radius 1 is 1.03 bits per heavy atom. The smallest absolute Gasteiger partial charge is 0.248 e. The first-order chi connectivity index (χ1) is 13.7. The van der Waals surface area contributed by atoms with Crippen molar-refractivity contribution in [3.63, 3.8) is 0 Å². The third-order valence-corrected chi connectivity index (χ3v) is 5.45. The number of hydrogen-bond acceptors (Lipinski definition) is 1. The van der Waals surface area contributed by atoms with Crippen LogP contribution in [0.2, 0.25) is 0 Å². The van der Waals surface area contributed by atoms with Gasteiger partial charge in [-0.05, 0) is 75.7 Å². The van der Waals surface area contributed by atoms with E-state index in [9.17, 15) is 4.79 Å². The lowest BCUT2D eigenvalue weighted by Crippen LogP contribution is -2.19. The molecule has 1 aliphatic carbocycles. The highest BCUT2D eigenvalue weighted by Crippen LogP contribution is 2.40. The van der Waals surface area contributed by atoms with Crippen molar-refractivity contribution >= 4 is 11.6 Å². The fraction of sp³-hybridized carbons (Fsp3) is 0.370. The van der Waals surface area contributed by atoms with E-state index in [0.29, 0.717) is 0 Å². The van der Waals surface area contributed by atoms with Crippen molar-refractivity contribution in [2.75, 3.05) is 5.32 Å². The summed E-state index contributed by atoms with van der Waals surface area (Å²) in [6.45, 7) is 13.0. The zero-order chi connectivity index (χ0) is 21.4. The van der Waals surface area contributed by atoms with Crippen LogP contribution in [0, 0.1) is 12.3 Å². The molecular formula is C27H35NO. The van der Waals surface area contributed by atoms with Crippen LogP contribution in [0.25, 0.3) is 0 Å². The maximum Gasteiger partial charge on any atom is 0.248 e. The highest BCUT2D eigenvalue weighted by Gasteiger charge is 2.26. The van der Waals surface area contributed by atoms with Crippen LogP contribution in [0.5, 0.6) is 0 Å². The highest BCUT2D eigenvalue weighted by atomic mass is 16.1. The summed E-state index contributed by atoms with van der Waals surface area (Å²) >= 11 is 0. The molecule has 0 atom stereocenters. The standard InChI is InChI=1S/C27H35NO/c1-20(14-17-25-23(4)11-8-18-27(25,5)6)9-7-10-22(3)19-26(29)28-24-15-12-21(2)13-16-24/h7,9-10,12-17,19H,8,11,18H2,1-6H3,(H,28,29)/b10-7+,17-14+,20-9+,22-19+. The van der Waals surface area contributed by atoms with Crippen LogP contribution in [-0.4, -0.2) is 5.91 Å². The molecular weight excluding hydrogens is 354 g/mol. The lowest BCUT2D eigenvalue weighted by Gasteiger charge is -2.32. The molecule has 0 saturated heterocycles. The number of carbonyl (C=O) groups is 1. The molecule has 0 spiro atoms. The van der Waals surface area contributed by atoms with Gasteiger partial charge in [-0.25, -0.2) is 0 Å². The largest absolute Gasteiger partial charge is 0.323 e. The molecule has 2 heteroatoms. The first-order valence-electron chi connectivity index (χ1n) is 10.5. The van der Waals surface area contributed by atoms with E-state index < -0.39 is 0 Å². The second kappa shape index (κ2) is 10.2. The summed E-state index contributed by atoms with van der Waals surface area (Å²) in [5.41, 5.74) is 7.34. The van der Waals surface area contributed by atoms with Crippen LogP contribution >= 0.6 is 0 Å². The third kappa shape index (κ3) is 7.38. The molecule has 1 amide bonds. The molecule has 29 heavy (non-hydrogen) atoms. The molecule has 1 aromatic rings. The van der Waals surface area contributed by atoms with E-state index >= 15 is 0 Å². The van der Waals surface area contributed by atoms with Gasteiger partial charge in [0.2, 0.25) is 5.91 Å². The zero-order valence-corrected chi connectivity index (χ0v) is 18.8. The summed E-state index contributed by atoms with van der Waals surface area (Å²) in [6.07, 6.45) is 15.9. The monoisotopic (exact) mass is 389 g/mol. The molecule has 0 heterocycles. The molecule has 0 bridgehead atoms. The Labute approximate surface area is 176 Å². The maximum atomic E-state index is 12.1. The van der Waals surface area contributed by atoms with E-state index in [1.165, 1.54) is 41.5 Å². The summed E-state index contributed by atoms with van der Waals surface area (Å²) in [6, 6.07) is 7.79. The second-order valence-corrected chi connectivity index (χ2v) is 8.78. The normalized spacial score (nSPS) is 18.0. The Bertz CT molecular complexity index is 874. The van der Waals surface area contributed by atoms with E-state index in [1.807, 2.05) is 50.3 Å². The number of benzene rings is 1. The van der Waals surface area contributed by atoms with Crippen molar-refractivity contribution in [3.05, 3.63) is 88.6 Å². The summed E-state index contributed by atoms with van der Waals surface area (Å²) in [7, 11) is 0. The average molecular weight is 390 g/mol. The molecule has 0 aromatic heterocycles. The molecule has 1 aliphatic rings. The third-order valence-electron chi connectivity index (χ3n) is 5.45. The number of amides is 1. The minimum atomic E-state index is -0.112. The Kier molecular flexibility index (Phi) is 8.01. The van der Waals surface area contributed by atoms with Gasteiger partial charge in [-0.15, -0.1) is 0 Å². The van der Waals surface area contributed by atoms with Crippen LogP contribution in [0.4, 0.5) is 5.69 Å². The SMILES string of the molecule is CC1=C(/C=C/C(C)=C/C=C/C(C)=C/C(=O)Nc2ccc(C)cc2)C(C)(C)CCC1. The van der Waals surface area contributed by atoms with Crippen molar-refractivity contribution in [3.8, 4) is 0 Å². The van der Waals surface area contributed by atoms with Crippen molar-refractivity contribution in [2.45, 2.75) is 60.8 Å². The lowest BCUT2D eigenvalue weighted by molar-refractivity contribution is -0.111. The van der Waals surface area contributed by atoms with Crippen LogP contribution in [0.1, 0.15) is 59.4 Å². The van der Waals surface area contributed by atoms with Crippen molar-refractivity contribution in [1.82, 2.24) is 0 Å². The van der Waals surface area contributed by atoms with Gasteiger partial charge in [0.15, 0.2) is 0 Å². The van der Waals surface area contributed by atoms with E-state index in [4.69, 9.17) is 0 Å². The number of anilines is 1. The van der Waals surface area contributed by atoms with Gasteiger partial charge in [-0.1, -0.05) is 73.1 Å². The summed E-state index contributed by atoms with van der Waals surface area (Å²) in [5, 5.41) is 2.89. The number of nitrogens with one attached hydrogen (secondary N) is 1. The lowest BCUT2D eigenvalue weighted by atomic mass is 9.72. The van der Waals surface area contributed by atoms with Gasteiger partial charge in [-0.2, -0.15) is 0 Å². The number of carbonyl (C=O) groups excluding carboxylic acids is 1. The predicted molar refractivity (Wildman–Crippen MR) is 126 cm³/mol. The molecule has 1 N–H and O–H groups in total. The molecule has 2 rings (SSSR count). The number of hydrogen-bond donors (Lipinski definition) is 1. The number of allylic oxidation sites excluding steroid dienone is 9. The quantitative estimate of drug-likeness (QED) is 0.397. The van der Waals surface area contributed by atoms with Gasteiger partial charge in [0, 0.05) is 11.8 Å². The van der Waals surface area contributed by atoms with E-state index in [2.05, 4.69) is 51.2 Å². The molecule has 2 nitrogen and oxygen atoms in total. The van der Waals surface area contributed by atoms with Gasteiger partial charge in [0.1, 0.15) is 0 Å². The molecule has 154 valence electrons. The topological polar surface area (TPSA) is 29.1 Å². The number of rotatable bonds is 6. The van der Waals surface area contributed by atoms with Crippen molar-refractivity contribution < 1.29 is 4.79 Å².